The van der Waals surface area contributed by atoms with Crippen LogP contribution in [0, 0.1) is 0 Å². The predicted molar refractivity (Wildman–Crippen MR) is 70.3 cm³/mol. The number of halogens is 2. The molecule has 96 valence electrons. The average molecular weight is 297 g/mol. The summed E-state index contributed by atoms with van der Waals surface area (Å²) in [7, 11) is -4.15. The van der Waals surface area contributed by atoms with E-state index < -0.39 is 15.4 Å². The van der Waals surface area contributed by atoms with E-state index in [0.717, 1.165) is 6.42 Å². The van der Waals surface area contributed by atoms with Crippen LogP contribution in [-0.2, 0) is 10.1 Å². The minimum absolute atomic E-state index is 0.260. The van der Waals surface area contributed by atoms with Crippen molar-refractivity contribution in [3.8, 4) is 0 Å². The van der Waals surface area contributed by atoms with Gasteiger partial charge in [0.25, 0.3) is 10.1 Å². The standard InChI is InChI=1S/C11H14Cl2O3S/c1-2-3-4-11(17(14,15)16)9-6-5-8(12)7-10(9)13/h5-7,11H,2-4H2,1H3,(H,14,15,16). The van der Waals surface area contributed by atoms with Crippen LogP contribution < -0.4 is 0 Å². The third-order valence-electron chi connectivity index (χ3n) is 2.49. The molecular weight excluding hydrogens is 283 g/mol. The van der Waals surface area contributed by atoms with E-state index in [1.807, 2.05) is 6.92 Å². The Morgan fingerprint density at radius 3 is 2.47 bits per heavy atom. The lowest BCUT2D eigenvalue weighted by atomic mass is 10.1. The highest BCUT2D eigenvalue weighted by atomic mass is 35.5. The molecule has 0 saturated heterocycles. The molecule has 1 aromatic rings. The van der Waals surface area contributed by atoms with Gasteiger partial charge >= 0.3 is 0 Å². The van der Waals surface area contributed by atoms with E-state index in [1.54, 1.807) is 12.1 Å². The third kappa shape index (κ3) is 4.14. The van der Waals surface area contributed by atoms with Crippen molar-refractivity contribution in [3.05, 3.63) is 33.8 Å². The Hall–Kier alpha value is -0.290. The first-order chi connectivity index (χ1) is 7.86. The van der Waals surface area contributed by atoms with Crippen LogP contribution in [0.4, 0.5) is 0 Å². The normalized spacial score (nSPS) is 13.6. The highest BCUT2D eigenvalue weighted by molar-refractivity contribution is 7.86. The second-order valence-corrected chi connectivity index (χ2v) is 6.25. The molecule has 0 aromatic heterocycles. The van der Waals surface area contributed by atoms with Crippen LogP contribution in [0.2, 0.25) is 10.0 Å². The first kappa shape index (κ1) is 14.8. The van der Waals surface area contributed by atoms with Gasteiger partial charge in [0.1, 0.15) is 5.25 Å². The maximum atomic E-state index is 11.3. The zero-order valence-electron chi connectivity index (χ0n) is 9.36. The fourth-order valence-electron chi connectivity index (χ4n) is 1.62. The Labute approximate surface area is 111 Å². The molecule has 0 bridgehead atoms. The van der Waals surface area contributed by atoms with E-state index in [2.05, 4.69) is 0 Å². The molecule has 1 atom stereocenters. The van der Waals surface area contributed by atoms with Crippen molar-refractivity contribution in [1.82, 2.24) is 0 Å². The lowest BCUT2D eigenvalue weighted by Gasteiger charge is -2.15. The van der Waals surface area contributed by atoms with E-state index in [0.29, 0.717) is 23.4 Å². The number of benzene rings is 1. The molecule has 6 heteroatoms. The zero-order valence-corrected chi connectivity index (χ0v) is 11.7. The van der Waals surface area contributed by atoms with Gasteiger partial charge in [0.05, 0.1) is 0 Å². The van der Waals surface area contributed by atoms with Crippen LogP contribution in [0.15, 0.2) is 18.2 Å². The van der Waals surface area contributed by atoms with Gasteiger partial charge in [-0.25, -0.2) is 0 Å². The molecule has 0 aliphatic heterocycles. The first-order valence-corrected chi connectivity index (χ1v) is 7.53. The summed E-state index contributed by atoms with van der Waals surface area (Å²) in [5, 5.41) is -0.285. The molecular formula is C11H14Cl2O3S. The van der Waals surface area contributed by atoms with Gasteiger partial charge < -0.3 is 0 Å². The number of hydrogen-bond donors (Lipinski definition) is 1. The first-order valence-electron chi connectivity index (χ1n) is 5.27. The molecule has 17 heavy (non-hydrogen) atoms. The van der Waals surface area contributed by atoms with Gasteiger partial charge in [0, 0.05) is 10.0 Å². The lowest BCUT2D eigenvalue weighted by molar-refractivity contribution is 0.461. The molecule has 0 saturated carbocycles. The van der Waals surface area contributed by atoms with Gasteiger partial charge in [-0.15, -0.1) is 0 Å². The summed E-state index contributed by atoms with van der Waals surface area (Å²) in [6.07, 6.45) is 1.89. The van der Waals surface area contributed by atoms with Gasteiger partial charge in [-0.1, -0.05) is 49.0 Å². The SMILES string of the molecule is CCCCC(c1ccc(Cl)cc1Cl)S(=O)(=O)O. The van der Waals surface area contributed by atoms with Gasteiger partial charge in [-0.2, -0.15) is 8.42 Å². The Morgan fingerprint density at radius 1 is 1.35 bits per heavy atom. The Balaban J connectivity index is 3.13. The summed E-state index contributed by atoms with van der Waals surface area (Å²) in [6.45, 7) is 1.95. The number of rotatable bonds is 5. The van der Waals surface area contributed by atoms with E-state index in [-0.39, 0.29) is 5.02 Å². The van der Waals surface area contributed by atoms with Crippen molar-refractivity contribution in [2.24, 2.45) is 0 Å². The fraction of sp³-hybridized carbons (Fsp3) is 0.455. The van der Waals surface area contributed by atoms with Crippen molar-refractivity contribution in [2.75, 3.05) is 0 Å². The molecule has 0 aliphatic carbocycles. The average Bonchev–Trinajstić information content (AvgIpc) is 2.19. The second-order valence-electron chi connectivity index (χ2n) is 3.81. The van der Waals surface area contributed by atoms with Crippen molar-refractivity contribution in [3.63, 3.8) is 0 Å². The van der Waals surface area contributed by atoms with Gasteiger partial charge in [0.2, 0.25) is 0 Å². The Morgan fingerprint density at radius 2 is 2.00 bits per heavy atom. The summed E-state index contributed by atoms with van der Waals surface area (Å²) >= 11 is 11.7. The highest BCUT2D eigenvalue weighted by Crippen LogP contribution is 2.33. The second kappa shape index (κ2) is 6.05. The van der Waals surface area contributed by atoms with Crippen LogP contribution in [0.3, 0.4) is 0 Å². The van der Waals surface area contributed by atoms with Crippen molar-refractivity contribution >= 4 is 33.3 Å². The smallest absolute Gasteiger partial charge is 0.272 e. The summed E-state index contributed by atoms with van der Waals surface area (Å²) < 4.78 is 31.9. The maximum Gasteiger partial charge on any atom is 0.272 e. The highest BCUT2D eigenvalue weighted by Gasteiger charge is 2.26. The largest absolute Gasteiger partial charge is 0.285 e. The Bertz CT molecular complexity index is 485. The molecule has 1 unspecified atom stereocenters. The summed E-state index contributed by atoms with van der Waals surface area (Å²) in [5.74, 6) is 0. The third-order valence-corrected chi connectivity index (χ3v) is 4.26. The van der Waals surface area contributed by atoms with Crippen LogP contribution in [0.25, 0.3) is 0 Å². The van der Waals surface area contributed by atoms with Crippen molar-refractivity contribution < 1.29 is 13.0 Å². The summed E-state index contributed by atoms with van der Waals surface area (Å²) in [5.41, 5.74) is 0.395. The molecule has 1 aromatic carbocycles. The molecule has 3 nitrogen and oxygen atoms in total. The van der Waals surface area contributed by atoms with Gasteiger partial charge in [-0.3, -0.25) is 4.55 Å². The minimum atomic E-state index is -4.15. The van der Waals surface area contributed by atoms with Crippen LogP contribution in [0.5, 0.6) is 0 Å². The predicted octanol–water partition coefficient (Wildman–Crippen LogP) is 4.11. The van der Waals surface area contributed by atoms with Gasteiger partial charge in [-0.05, 0) is 24.1 Å². The maximum absolute atomic E-state index is 11.3. The van der Waals surface area contributed by atoms with Gasteiger partial charge in [0.15, 0.2) is 0 Å². The molecule has 0 aliphatic rings. The van der Waals surface area contributed by atoms with E-state index in [4.69, 9.17) is 23.2 Å². The molecule has 1 rings (SSSR count). The van der Waals surface area contributed by atoms with E-state index >= 15 is 0 Å². The molecule has 0 radical (unpaired) electrons. The molecule has 0 amide bonds. The number of unbranched alkanes of at least 4 members (excludes halogenated alkanes) is 1. The fourth-order valence-corrected chi connectivity index (χ4v) is 3.21. The Kier molecular flexibility index (Phi) is 5.25. The monoisotopic (exact) mass is 296 g/mol. The minimum Gasteiger partial charge on any atom is -0.285 e. The molecule has 1 N–H and O–H groups in total. The summed E-state index contributed by atoms with van der Waals surface area (Å²) in [6, 6.07) is 4.58. The quantitative estimate of drug-likeness (QED) is 0.832. The molecule has 0 spiro atoms. The lowest BCUT2D eigenvalue weighted by Crippen LogP contribution is -2.12. The van der Waals surface area contributed by atoms with Crippen LogP contribution in [-0.4, -0.2) is 13.0 Å². The number of hydrogen-bond acceptors (Lipinski definition) is 2. The van der Waals surface area contributed by atoms with Crippen LogP contribution >= 0.6 is 23.2 Å². The van der Waals surface area contributed by atoms with E-state index in [1.165, 1.54) is 6.07 Å². The van der Waals surface area contributed by atoms with Crippen molar-refractivity contribution in [1.29, 1.82) is 0 Å². The van der Waals surface area contributed by atoms with Crippen LogP contribution in [0.1, 0.15) is 37.0 Å². The summed E-state index contributed by atoms with van der Waals surface area (Å²) in [4.78, 5) is 0. The topological polar surface area (TPSA) is 54.4 Å². The molecule has 0 heterocycles. The van der Waals surface area contributed by atoms with Crippen molar-refractivity contribution in [2.45, 2.75) is 31.4 Å². The molecule has 0 fully saturated rings. The van der Waals surface area contributed by atoms with E-state index in [9.17, 15) is 13.0 Å². The zero-order chi connectivity index (χ0) is 13.1.